The lowest BCUT2D eigenvalue weighted by atomic mass is 10.0. The zero-order valence-corrected chi connectivity index (χ0v) is 13.8. The lowest BCUT2D eigenvalue weighted by Gasteiger charge is -2.26. The number of amides is 1. The third kappa shape index (κ3) is 4.36. The quantitative estimate of drug-likeness (QED) is 0.514. The van der Waals surface area contributed by atoms with Gasteiger partial charge in [-0.15, -0.1) is 0 Å². The number of benzene rings is 2. The van der Waals surface area contributed by atoms with Crippen molar-refractivity contribution in [2.24, 2.45) is 5.16 Å². The van der Waals surface area contributed by atoms with Crippen molar-refractivity contribution in [1.82, 2.24) is 4.90 Å². The maximum Gasteiger partial charge on any atom is 0.260 e. The van der Waals surface area contributed by atoms with Crippen LogP contribution in [-0.2, 0) is 9.53 Å². The summed E-state index contributed by atoms with van der Waals surface area (Å²) in [7, 11) is 0. The number of hydrogen-bond donors (Lipinski definition) is 1. The third-order valence-corrected chi connectivity index (χ3v) is 4.00. The number of nitrogens with zero attached hydrogens (tertiary/aromatic N) is 2. The molecule has 130 valence electrons. The maximum atomic E-state index is 12.1. The number of rotatable bonds is 5. The van der Waals surface area contributed by atoms with Crippen LogP contribution in [0.1, 0.15) is 11.1 Å². The lowest BCUT2D eigenvalue weighted by Crippen LogP contribution is -2.42. The van der Waals surface area contributed by atoms with E-state index in [4.69, 9.17) is 9.47 Å². The highest BCUT2D eigenvalue weighted by Gasteiger charge is 2.17. The van der Waals surface area contributed by atoms with Crippen molar-refractivity contribution in [3.63, 3.8) is 0 Å². The minimum Gasteiger partial charge on any atom is -0.484 e. The van der Waals surface area contributed by atoms with E-state index in [1.165, 1.54) is 0 Å². The Kier molecular flexibility index (Phi) is 5.64. The molecule has 25 heavy (non-hydrogen) atoms. The Labute approximate surface area is 146 Å². The lowest BCUT2D eigenvalue weighted by molar-refractivity contribution is -0.137. The average Bonchev–Trinajstić information content (AvgIpc) is 2.69. The Morgan fingerprint density at radius 1 is 1.04 bits per heavy atom. The fourth-order valence-corrected chi connectivity index (χ4v) is 2.64. The van der Waals surface area contributed by atoms with Crippen LogP contribution in [0, 0.1) is 0 Å². The van der Waals surface area contributed by atoms with Crippen LogP contribution in [0.3, 0.4) is 0 Å². The minimum atomic E-state index is -0.0470. The summed E-state index contributed by atoms with van der Waals surface area (Å²) in [5.41, 5.74) is 2.07. The first kappa shape index (κ1) is 17.0. The molecule has 0 aromatic heterocycles. The number of oxime groups is 1. The first-order valence-corrected chi connectivity index (χ1v) is 8.14. The van der Waals surface area contributed by atoms with Crippen molar-refractivity contribution < 1.29 is 19.5 Å². The smallest absolute Gasteiger partial charge is 0.260 e. The maximum absolute atomic E-state index is 12.1. The van der Waals surface area contributed by atoms with E-state index in [1.54, 1.807) is 29.2 Å². The molecule has 0 atom stereocenters. The molecular formula is C19H20N2O4. The number of morpholine rings is 1. The summed E-state index contributed by atoms with van der Waals surface area (Å²) >= 11 is 0. The van der Waals surface area contributed by atoms with Gasteiger partial charge in [0.2, 0.25) is 0 Å². The topological polar surface area (TPSA) is 71.4 Å². The second kappa shape index (κ2) is 8.30. The Bertz CT molecular complexity index is 723. The molecule has 6 nitrogen and oxygen atoms in total. The molecule has 1 fully saturated rings. The standard InChI is InChI=1S/C19H20N2O4/c22-18(21-10-12-24-13-11-21)14-25-17-8-6-16(7-9-17)19(20-23)15-4-2-1-3-5-15/h1-9,23H,10-14H2/b20-19+. The predicted molar refractivity (Wildman–Crippen MR) is 93.2 cm³/mol. The van der Waals surface area contributed by atoms with Crippen molar-refractivity contribution in [2.45, 2.75) is 0 Å². The average molecular weight is 340 g/mol. The first-order chi connectivity index (χ1) is 12.3. The van der Waals surface area contributed by atoms with E-state index < -0.39 is 0 Å². The molecule has 0 radical (unpaired) electrons. The Morgan fingerprint density at radius 3 is 2.32 bits per heavy atom. The summed E-state index contributed by atoms with van der Waals surface area (Å²) in [5.74, 6) is 0.546. The highest BCUT2D eigenvalue weighted by molar-refractivity contribution is 6.12. The zero-order chi connectivity index (χ0) is 17.5. The normalized spacial score (nSPS) is 15.0. The molecule has 0 spiro atoms. The molecule has 1 aliphatic heterocycles. The molecule has 1 aliphatic rings. The number of hydrogen-bond acceptors (Lipinski definition) is 5. The van der Waals surface area contributed by atoms with Gasteiger partial charge >= 0.3 is 0 Å². The molecule has 0 unspecified atom stereocenters. The number of ether oxygens (including phenoxy) is 2. The Hall–Kier alpha value is -2.86. The second-order valence-corrected chi connectivity index (χ2v) is 5.62. The highest BCUT2D eigenvalue weighted by atomic mass is 16.5. The summed E-state index contributed by atoms with van der Waals surface area (Å²) < 4.78 is 10.8. The van der Waals surface area contributed by atoms with Gasteiger partial charge in [-0.3, -0.25) is 4.79 Å². The Morgan fingerprint density at radius 2 is 1.68 bits per heavy atom. The minimum absolute atomic E-state index is 0.00101. The summed E-state index contributed by atoms with van der Waals surface area (Å²) in [6.45, 7) is 2.36. The van der Waals surface area contributed by atoms with E-state index in [-0.39, 0.29) is 12.5 Å². The number of carbonyl (C=O) groups excluding carboxylic acids is 1. The van der Waals surface area contributed by atoms with Gasteiger partial charge in [0.1, 0.15) is 11.5 Å². The number of carbonyl (C=O) groups is 1. The molecular weight excluding hydrogens is 320 g/mol. The summed E-state index contributed by atoms with van der Waals surface area (Å²) in [5, 5.41) is 12.7. The van der Waals surface area contributed by atoms with Gasteiger partial charge in [0, 0.05) is 24.2 Å². The van der Waals surface area contributed by atoms with E-state index in [9.17, 15) is 10.0 Å². The van der Waals surface area contributed by atoms with Crippen LogP contribution in [0.25, 0.3) is 0 Å². The van der Waals surface area contributed by atoms with Crippen LogP contribution in [0.2, 0.25) is 0 Å². The van der Waals surface area contributed by atoms with Crippen LogP contribution >= 0.6 is 0 Å². The van der Waals surface area contributed by atoms with E-state index in [2.05, 4.69) is 5.16 Å². The van der Waals surface area contributed by atoms with Crippen LogP contribution in [0.4, 0.5) is 0 Å². The van der Waals surface area contributed by atoms with Crippen LogP contribution in [-0.4, -0.2) is 54.6 Å². The van der Waals surface area contributed by atoms with E-state index in [0.29, 0.717) is 37.8 Å². The van der Waals surface area contributed by atoms with Gasteiger partial charge in [-0.2, -0.15) is 0 Å². The molecule has 2 aromatic carbocycles. The van der Waals surface area contributed by atoms with Gasteiger partial charge < -0.3 is 19.6 Å². The van der Waals surface area contributed by atoms with E-state index in [0.717, 1.165) is 11.1 Å². The van der Waals surface area contributed by atoms with Gasteiger partial charge in [0.05, 0.1) is 13.2 Å². The molecule has 0 saturated carbocycles. The van der Waals surface area contributed by atoms with Crippen molar-refractivity contribution in [1.29, 1.82) is 0 Å². The third-order valence-electron chi connectivity index (χ3n) is 4.00. The van der Waals surface area contributed by atoms with Crippen LogP contribution < -0.4 is 4.74 Å². The van der Waals surface area contributed by atoms with Crippen LogP contribution in [0.15, 0.2) is 59.8 Å². The molecule has 1 N–H and O–H groups in total. The molecule has 2 aromatic rings. The summed E-state index contributed by atoms with van der Waals surface area (Å²) in [4.78, 5) is 13.8. The molecule has 6 heteroatoms. The second-order valence-electron chi connectivity index (χ2n) is 5.62. The van der Waals surface area contributed by atoms with Gasteiger partial charge in [0.25, 0.3) is 5.91 Å². The largest absolute Gasteiger partial charge is 0.484 e. The first-order valence-electron chi connectivity index (χ1n) is 8.14. The van der Waals surface area contributed by atoms with E-state index in [1.807, 2.05) is 30.3 Å². The van der Waals surface area contributed by atoms with Crippen molar-refractivity contribution in [3.05, 3.63) is 65.7 Å². The molecule has 3 rings (SSSR count). The van der Waals surface area contributed by atoms with Gasteiger partial charge in [-0.1, -0.05) is 35.5 Å². The van der Waals surface area contributed by atoms with Crippen molar-refractivity contribution in [3.8, 4) is 5.75 Å². The van der Waals surface area contributed by atoms with Crippen molar-refractivity contribution in [2.75, 3.05) is 32.9 Å². The monoisotopic (exact) mass is 340 g/mol. The van der Waals surface area contributed by atoms with E-state index >= 15 is 0 Å². The molecule has 1 saturated heterocycles. The Balaban J connectivity index is 1.61. The SMILES string of the molecule is O=C(COc1ccc(/C(=N/O)c2ccccc2)cc1)N1CCOCC1. The van der Waals surface area contributed by atoms with Gasteiger partial charge in [0.15, 0.2) is 6.61 Å². The van der Waals surface area contributed by atoms with Gasteiger partial charge in [-0.05, 0) is 24.3 Å². The highest BCUT2D eigenvalue weighted by Crippen LogP contribution is 2.16. The molecule has 1 heterocycles. The fraction of sp³-hybridized carbons (Fsp3) is 0.263. The van der Waals surface area contributed by atoms with Crippen LogP contribution in [0.5, 0.6) is 5.75 Å². The van der Waals surface area contributed by atoms with Gasteiger partial charge in [-0.25, -0.2) is 0 Å². The summed E-state index contributed by atoms with van der Waals surface area (Å²) in [6, 6.07) is 16.5. The fourth-order valence-electron chi connectivity index (χ4n) is 2.64. The van der Waals surface area contributed by atoms with Crippen molar-refractivity contribution >= 4 is 11.6 Å². The predicted octanol–water partition coefficient (Wildman–Crippen LogP) is 2.15. The molecule has 0 aliphatic carbocycles. The zero-order valence-electron chi connectivity index (χ0n) is 13.8. The summed E-state index contributed by atoms with van der Waals surface area (Å²) in [6.07, 6.45) is 0. The molecule has 1 amide bonds. The molecule has 0 bridgehead atoms.